The number of hydrogen-bond acceptors (Lipinski definition) is 2. The number of likely N-dealkylation sites (N-methyl/N-ethyl adjacent to an activating group) is 1. The van der Waals surface area contributed by atoms with Crippen LogP contribution >= 0.6 is 12.4 Å². The van der Waals surface area contributed by atoms with Crippen LogP contribution in [-0.4, -0.2) is 37.0 Å². The van der Waals surface area contributed by atoms with Gasteiger partial charge in [0.1, 0.15) is 0 Å². The number of amides is 1. The van der Waals surface area contributed by atoms with Gasteiger partial charge in [0.25, 0.3) is 0 Å². The van der Waals surface area contributed by atoms with Crippen molar-refractivity contribution in [2.45, 2.75) is 51.0 Å². The van der Waals surface area contributed by atoms with Crippen LogP contribution in [0.15, 0.2) is 0 Å². The third-order valence-electron chi connectivity index (χ3n) is 3.82. The second kappa shape index (κ2) is 7.22. The second-order valence-corrected chi connectivity index (χ2v) is 5.31. The Balaban J connectivity index is 0.00000144. The Morgan fingerprint density at radius 1 is 1.18 bits per heavy atom. The van der Waals surface area contributed by atoms with Crippen molar-refractivity contribution in [1.82, 2.24) is 10.2 Å². The van der Waals surface area contributed by atoms with Gasteiger partial charge in [-0.2, -0.15) is 0 Å². The van der Waals surface area contributed by atoms with E-state index in [1.807, 2.05) is 7.05 Å². The molecular formula is C13H25ClN2O. The lowest BCUT2D eigenvalue weighted by Gasteiger charge is -2.30. The normalized spacial score (nSPS) is 20.8. The molecule has 0 bridgehead atoms. The van der Waals surface area contributed by atoms with E-state index in [1.54, 1.807) is 0 Å². The van der Waals surface area contributed by atoms with E-state index in [0.717, 1.165) is 12.5 Å². The number of halogens is 1. The minimum absolute atomic E-state index is 0. The molecule has 0 saturated heterocycles. The summed E-state index contributed by atoms with van der Waals surface area (Å²) in [5.74, 6) is 1.07. The molecule has 100 valence electrons. The summed E-state index contributed by atoms with van der Waals surface area (Å²) < 4.78 is 0. The van der Waals surface area contributed by atoms with E-state index in [-0.39, 0.29) is 12.4 Å². The minimum atomic E-state index is 0. The first-order valence-electron chi connectivity index (χ1n) is 6.75. The monoisotopic (exact) mass is 260 g/mol. The largest absolute Gasteiger partial charge is 0.338 e. The molecule has 2 aliphatic carbocycles. The SMILES string of the molecule is CNCC(=O)N(CC1CCCCC1)C1CC1.Cl. The molecule has 0 aromatic heterocycles. The minimum Gasteiger partial charge on any atom is -0.338 e. The molecule has 0 aromatic rings. The van der Waals surface area contributed by atoms with E-state index in [9.17, 15) is 4.79 Å². The molecule has 0 atom stereocenters. The van der Waals surface area contributed by atoms with Crippen molar-refractivity contribution < 1.29 is 4.79 Å². The second-order valence-electron chi connectivity index (χ2n) is 5.31. The van der Waals surface area contributed by atoms with Gasteiger partial charge in [-0.1, -0.05) is 19.3 Å². The first-order chi connectivity index (χ1) is 7.81. The third kappa shape index (κ3) is 4.47. The van der Waals surface area contributed by atoms with Crippen molar-refractivity contribution in [3.8, 4) is 0 Å². The number of nitrogens with one attached hydrogen (secondary N) is 1. The average molecular weight is 261 g/mol. The molecule has 17 heavy (non-hydrogen) atoms. The van der Waals surface area contributed by atoms with Crippen molar-refractivity contribution in [2.24, 2.45) is 5.92 Å². The van der Waals surface area contributed by atoms with Crippen LogP contribution in [0, 0.1) is 5.92 Å². The molecule has 0 aliphatic heterocycles. The van der Waals surface area contributed by atoms with E-state index in [4.69, 9.17) is 0 Å². The predicted octanol–water partition coefficient (Wildman–Crippen LogP) is 2.20. The zero-order valence-electron chi connectivity index (χ0n) is 10.8. The van der Waals surface area contributed by atoms with Gasteiger partial charge in [-0.25, -0.2) is 0 Å². The molecule has 4 heteroatoms. The summed E-state index contributed by atoms with van der Waals surface area (Å²) in [6, 6.07) is 0.572. The van der Waals surface area contributed by atoms with Crippen LogP contribution in [0.4, 0.5) is 0 Å². The summed E-state index contributed by atoms with van der Waals surface area (Å²) in [6.07, 6.45) is 9.23. The Morgan fingerprint density at radius 3 is 2.35 bits per heavy atom. The van der Waals surface area contributed by atoms with E-state index in [0.29, 0.717) is 18.5 Å². The number of rotatable bonds is 5. The van der Waals surface area contributed by atoms with Crippen LogP contribution in [-0.2, 0) is 4.79 Å². The summed E-state index contributed by atoms with van der Waals surface area (Å²) in [4.78, 5) is 14.1. The predicted molar refractivity (Wildman–Crippen MR) is 72.5 cm³/mol. The van der Waals surface area contributed by atoms with Gasteiger partial charge >= 0.3 is 0 Å². The fourth-order valence-electron chi connectivity index (χ4n) is 2.74. The van der Waals surface area contributed by atoms with Crippen LogP contribution in [0.3, 0.4) is 0 Å². The lowest BCUT2D eigenvalue weighted by atomic mass is 9.89. The Bertz CT molecular complexity index is 238. The molecule has 2 saturated carbocycles. The van der Waals surface area contributed by atoms with Gasteiger partial charge in [-0.05, 0) is 38.6 Å². The Hall–Kier alpha value is -0.280. The standard InChI is InChI=1S/C13H24N2O.ClH/c1-14-9-13(16)15(12-7-8-12)10-11-5-3-2-4-6-11;/h11-12,14H,2-10H2,1H3;1H. The fourth-order valence-corrected chi connectivity index (χ4v) is 2.74. The zero-order chi connectivity index (χ0) is 11.4. The maximum atomic E-state index is 12.0. The van der Waals surface area contributed by atoms with E-state index < -0.39 is 0 Å². The molecular weight excluding hydrogens is 236 g/mol. The van der Waals surface area contributed by atoms with E-state index >= 15 is 0 Å². The topological polar surface area (TPSA) is 32.3 Å². The smallest absolute Gasteiger partial charge is 0.236 e. The van der Waals surface area contributed by atoms with Gasteiger partial charge in [0.15, 0.2) is 0 Å². The molecule has 0 aromatic carbocycles. The van der Waals surface area contributed by atoms with E-state index in [2.05, 4.69) is 10.2 Å². The Morgan fingerprint density at radius 2 is 1.82 bits per heavy atom. The maximum absolute atomic E-state index is 12.0. The fraction of sp³-hybridized carbons (Fsp3) is 0.923. The highest BCUT2D eigenvalue weighted by Crippen LogP contribution is 2.31. The van der Waals surface area contributed by atoms with Gasteiger partial charge in [-0.15, -0.1) is 12.4 Å². The quantitative estimate of drug-likeness (QED) is 0.822. The number of hydrogen-bond donors (Lipinski definition) is 1. The maximum Gasteiger partial charge on any atom is 0.236 e. The van der Waals surface area contributed by atoms with Crippen LogP contribution in [0.2, 0.25) is 0 Å². The van der Waals surface area contributed by atoms with Crippen molar-refractivity contribution in [1.29, 1.82) is 0 Å². The van der Waals surface area contributed by atoms with Gasteiger partial charge in [0.05, 0.1) is 6.54 Å². The molecule has 1 amide bonds. The molecule has 3 nitrogen and oxygen atoms in total. The summed E-state index contributed by atoms with van der Waals surface area (Å²) >= 11 is 0. The van der Waals surface area contributed by atoms with Crippen LogP contribution in [0.5, 0.6) is 0 Å². The highest BCUT2D eigenvalue weighted by molar-refractivity contribution is 5.85. The summed E-state index contributed by atoms with van der Waals surface area (Å²) in [5.41, 5.74) is 0. The number of carbonyl (C=O) groups is 1. The lowest BCUT2D eigenvalue weighted by Crippen LogP contribution is -2.41. The zero-order valence-corrected chi connectivity index (χ0v) is 11.6. The molecule has 0 spiro atoms. The first-order valence-corrected chi connectivity index (χ1v) is 6.75. The van der Waals surface area contributed by atoms with Gasteiger partial charge in [-0.3, -0.25) is 4.79 Å². The van der Waals surface area contributed by atoms with Gasteiger partial charge < -0.3 is 10.2 Å². The Kier molecular flexibility index (Phi) is 6.28. The Labute approximate surface area is 111 Å². The van der Waals surface area contributed by atoms with Gasteiger partial charge in [0, 0.05) is 12.6 Å². The highest BCUT2D eigenvalue weighted by Gasteiger charge is 2.33. The van der Waals surface area contributed by atoms with Crippen LogP contribution in [0.1, 0.15) is 44.9 Å². The molecule has 0 unspecified atom stereocenters. The highest BCUT2D eigenvalue weighted by atomic mass is 35.5. The lowest BCUT2D eigenvalue weighted by molar-refractivity contribution is -0.131. The molecule has 2 rings (SSSR count). The van der Waals surface area contributed by atoms with Crippen molar-refractivity contribution >= 4 is 18.3 Å². The number of carbonyl (C=O) groups excluding carboxylic acids is 1. The van der Waals surface area contributed by atoms with Crippen molar-refractivity contribution in [3.63, 3.8) is 0 Å². The first kappa shape index (κ1) is 14.8. The van der Waals surface area contributed by atoms with Crippen molar-refractivity contribution in [2.75, 3.05) is 20.1 Å². The van der Waals surface area contributed by atoms with E-state index in [1.165, 1.54) is 44.9 Å². The van der Waals surface area contributed by atoms with Crippen LogP contribution in [0.25, 0.3) is 0 Å². The molecule has 2 aliphatic rings. The number of nitrogens with zero attached hydrogens (tertiary/aromatic N) is 1. The molecule has 2 fully saturated rings. The third-order valence-corrected chi connectivity index (χ3v) is 3.82. The van der Waals surface area contributed by atoms with Crippen molar-refractivity contribution in [3.05, 3.63) is 0 Å². The molecule has 1 N–H and O–H groups in total. The summed E-state index contributed by atoms with van der Waals surface area (Å²) in [5, 5.41) is 2.98. The summed E-state index contributed by atoms with van der Waals surface area (Å²) in [7, 11) is 1.85. The average Bonchev–Trinajstić information content (AvgIpc) is 3.11. The molecule has 0 heterocycles. The molecule has 0 radical (unpaired) electrons. The van der Waals surface area contributed by atoms with Gasteiger partial charge in [0.2, 0.25) is 5.91 Å². The summed E-state index contributed by atoms with van der Waals surface area (Å²) in [6.45, 7) is 1.52. The van der Waals surface area contributed by atoms with Crippen LogP contribution < -0.4 is 5.32 Å².